The van der Waals surface area contributed by atoms with E-state index in [1.165, 1.54) is 35.3 Å². The van der Waals surface area contributed by atoms with Gasteiger partial charge >= 0.3 is 0 Å². The molecule has 26 heavy (non-hydrogen) atoms. The van der Waals surface area contributed by atoms with Gasteiger partial charge in [0.15, 0.2) is 0 Å². The molecule has 0 aliphatic heterocycles. The van der Waals surface area contributed by atoms with Gasteiger partial charge in [0.05, 0.1) is 16.9 Å². The van der Waals surface area contributed by atoms with Crippen LogP contribution >= 0.6 is 11.6 Å². The second-order valence-corrected chi connectivity index (χ2v) is 5.79. The Kier molecular flexibility index (Phi) is 4.94. The van der Waals surface area contributed by atoms with E-state index in [0.717, 1.165) is 6.07 Å². The van der Waals surface area contributed by atoms with Crippen LogP contribution in [0.4, 0.5) is 10.1 Å². The highest BCUT2D eigenvalue weighted by Crippen LogP contribution is 2.23. The third-order valence-corrected chi connectivity index (χ3v) is 3.88. The number of halogens is 2. The van der Waals surface area contributed by atoms with Gasteiger partial charge in [-0.05, 0) is 29.8 Å². The summed E-state index contributed by atoms with van der Waals surface area (Å²) < 4.78 is 15.7. The molecule has 0 saturated carbocycles. The van der Waals surface area contributed by atoms with Crippen molar-refractivity contribution in [3.8, 4) is 5.69 Å². The number of nitrogens with zero attached hydrogens (tertiary/aromatic N) is 3. The molecule has 1 amide bonds. The standard InChI is InChI=1S/C17H12ClFN4O3/c18-12-2-4-15(23(25)26)13(8-12)17(24)21-9-11-1-3-16(14(19)7-11)22-6-5-20-10-22/h1-8,10H,9H2,(H,21,24). The van der Waals surface area contributed by atoms with Crippen molar-refractivity contribution in [3.63, 3.8) is 0 Å². The van der Waals surface area contributed by atoms with E-state index in [4.69, 9.17) is 11.6 Å². The van der Waals surface area contributed by atoms with E-state index in [9.17, 15) is 19.3 Å². The van der Waals surface area contributed by atoms with Gasteiger partial charge in [0.1, 0.15) is 11.4 Å². The minimum absolute atomic E-state index is 0.00360. The number of nitro groups is 1. The van der Waals surface area contributed by atoms with Gasteiger partial charge in [0.25, 0.3) is 11.6 Å². The van der Waals surface area contributed by atoms with Gasteiger partial charge in [-0.1, -0.05) is 17.7 Å². The number of rotatable bonds is 5. The lowest BCUT2D eigenvalue weighted by Gasteiger charge is -2.09. The number of hydrogen-bond donors (Lipinski definition) is 1. The Hall–Kier alpha value is -3.26. The molecule has 9 heteroatoms. The van der Waals surface area contributed by atoms with E-state index in [0.29, 0.717) is 11.3 Å². The molecule has 0 radical (unpaired) electrons. The number of nitro benzene ring substituents is 1. The second kappa shape index (κ2) is 7.32. The van der Waals surface area contributed by atoms with Crippen molar-refractivity contribution < 1.29 is 14.1 Å². The quantitative estimate of drug-likeness (QED) is 0.546. The number of hydrogen-bond acceptors (Lipinski definition) is 4. The number of benzene rings is 2. The Balaban J connectivity index is 1.75. The fourth-order valence-electron chi connectivity index (χ4n) is 2.40. The van der Waals surface area contributed by atoms with Crippen LogP contribution in [0.25, 0.3) is 5.69 Å². The molecular formula is C17H12ClFN4O3. The van der Waals surface area contributed by atoms with E-state index >= 15 is 0 Å². The Labute approximate surface area is 152 Å². The summed E-state index contributed by atoms with van der Waals surface area (Å²) in [6.07, 6.45) is 4.61. The maximum absolute atomic E-state index is 14.2. The molecule has 0 fully saturated rings. The van der Waals surface area contributed by atoms with Crippen molar-refractivity contribution in [2.24, 2.45) is 0 Å². The van der Waals surface area contributed by atoms with Crippen molar-refractivity contribution in [3.05, 3.63) is 87.2 Å². The van der Waals surface area contributed by atoms with E-state index in [2.05, 4.69) is 10.3 Å². The molecular weight excluding hydrogens is 363 g/mol. The Bertz CT molecular complexity index is 976. The molecule has 1 heterocycles. The minimum Gasteiger partial charge on any atom is -0.348 e. The molecule has 132 valence electrons. The fraction of sp³-hybridized carbons (Fsp3) is 0.0588. The summed E-state index contributed by atoms with van der Waals surface area (Å²) in [7, 11) is 0. The highest BCUT2D eigenvalue weighted by Gasteiger charge is 2.20. The van der Waals surface area contributed by atoms with Crippen LogP contribution in [0.5, 0.6) is 0 Å². The molecule has 0 atom stereocenters. The lowest BCUT2D eigenvalue weighted by Crippen LogP contribution is -2.23. The highest BCUT2D eigenvalue weighted by molar-refractivity contribution is 6.31. The predicted molar refractivity (Wildman–Crippen MR) is 92.8 cm³/mol. The monoisotopic (exact) mass is 374 g/mol. The molecule has 0 bridgehead atoms. The molecule has 1 aromatic heterocycles. The summed E-state index contributed by atoms with van der Waals surface area (Å²) in [5, 5.41) is 13.8. The van der Waals surface area contributed by atoms with Crippen LogP contribution in [-0.4, -0.2) is 20.4 Å². The minimum atomic E-state index is -0.668. The van der Waals surface area contributed by atoms with Crippen molar-refractivity contribution in [1.29, 1.82) is 0 Å². The van der Waals surface area contributed by atoms with Crippen LogP contribution in [0.2, 0.25) is 5.02 Å². The average Bonchev–Trinajstić information content (AvgIpc) is 3.13. The van der Waals surface area contributed by atoms with Crippen molar-refractivity contribution in [1.82, 2.24) is 14.9 Å². The normalized spacial score (nSPS) is 10.5. The lowest BCUT2D eigenvalue weighted by atomic mass is 10.1. The fourth-order valence-corrected chi connectivity index (χ4v) is 2.57. The predicted octanol–water partition coefficient (Wildman–Crippen LogP) is 3.50. The molecule has 7 nitrogen and oxygen atoms in total. The topological polar surface area (TPSA) is 90.1 Å². The SMILES string of the molecule is O=C(NCc1ccc(-n2ccnc2)c(F)c1)c1cc(Cl)ccc1[N+](=O)[O-]. The van der Waals surface area contributed by atoms with Crippen LogP contribution < -0.4 is 5.32 Å². The third kappa shape index (κ3) is 3.70. The second-order valence-electron chi connectivity index (χ2n) is 5.36. The summed E-state index contributed by atoms with van der Waals surface area (Å²) in [4.78, 5) is 26.5. The zero-order valence-electron chi connectivity index (χ0n) is 13.2. The van der Waals surface area contributed by atoms with Crippen molar-refractivity contribution in [2.45, 2.75) is 6.54 Å². The van der Waals surface area contributed by atoms with Gasteiger partial charge in [0.2, 0.25) is 0 Å². The summed E-state index contributed by atoms with van der Waals surface area (Å²) in [5.74, 6) is -1.15. The van der Waals surface area contributed by atoms with Gasteiger partial charge < -0.3 is 9.88 Å². The van der Waals surface area contributed by atoms with Crippen molar-refractivity contribution >= 4 is 23.2 Å². The van der Waals surface area contributed by atoms with Gasteiger partial charge in [-0.3, -0.25) is 14.9 Å². The maximum atomic E-state index is 14.2. The van der Waals surface area contributed by atoms with Crippen LogP contribution in [-0.2, 0) is 6.54 Å². The molecule has 3 rings (SSSR count). The first kappa shape index (κ1) is 17.6. The molecule has 3 aromatic rings. The van der Waals surface area contributed by atoms with Gasteiger partial charge in [-0.15, -0.1) is 0 Å². The molecule has 0 aliphatic carbocycles. The maximum Gasteiger partial charge on any atom is 0.282 e. The zero-order valence-corrected chi connectivity index (χ0v) is 14.0. The number of nitrogens with one attached hydrogen (secondary N) is 1. The highest BCUT2D eigenvalue weighted by atomic mass is 35.5. The van der Waals surface area contributed by atoms with E-state index in [1.807, 2.05) is 0 Å². The van der Waals surface area contributed by atoms with E-state index in [-0.39, 0.29) is 22.8 Å². The third-order valence-electron chi connectivity index (χ3n) is 3.65. The Morgan fingerprint density at radius 3 is 2.77 bits per heavy atom. The first-order valence-electron chi connectivity index (χ1n) is 7.44. The van der Waals surface area contributed by atoms with E-state index < -0.39 is 16.6 Å². The van der Waals surface area contributed by atoms with Gasteiger partial charge in [-0.2, -0.15) is 0 Å². The number of aromatic nitrogens is 2. The molecule has 0 saturated heterocycles. The molecule has 0 aliphatic rings. The van der Waals surface area contributed by atoms with Crippen LogP contribution in [0.3, 0.4) is 0 Å². The molecule has 0 spiro atoms. The largest absolute Gasteiger partial charge is 0.348 e. The molecule has 0 unspecified atom stereocenters. The summed E-state index contributed by atoms with van der Waals surface area (Å²) >= 11 is 5.81. The van der Waals surface area contributed by atoms with Crippen LogP contribution in [0.1, 0.15) is 15.9 Å². The Morgan fingerprint density at radius 1 is 1.31 bits per heavy atom. The van der Waals surface area contributed by atoms with Crippen molar-refractivity contribution in [2.75, 3.05) is 0 Å². The summed E-state index contributed by atoms with van der Waals surface area (Å²) in [6.45, 7) is 0.00360. The molecule has 2 aromatic carbocycles. The molecule has 1 N–H and O–H groups in total. The average molecular weight is 375 g/mol. The van der Waals surface area contributed by atoms with Gasteiger partial charge in [0, 0.05) is 30.0 Å². The van der Waals surface area contributed by atoms with E-state index in [1.54, 1.807) is 18.3 Å². The number of carbonyl (C=O) groups excluding carboxylic acids is 1. The first-order valence-corrected chi connectivity index (χ1v) is 7.82. The smallest absolute Gasteiger partial charge is 0.282 e. The lowest BCUT2D eigenvalue weighted by molar-refractivity contribution is -0.385. The van der Waals surface area contributed by atoms with Gasteiger partial charge in [-0.25, -0.2) is 9.37 Å². The summed E-state index contributed by atoms with van der Waals surface area (Å²) in [6, 6.07) is 8.20. The van der Waals surface area contributed by atoms with Crippen LogP contribution in [0.15, 0.2) is 55.1 Å². The first-order chi connectivity index (χ1) is 12.5. The zero-order chi connectivity index (χ0) is 18.7. The Morgan fingerprint density at radius 2 is 2.12 bits per heavy atom. The summed E-state index contributed by atoms with van der Waals surface area (Å²) in [5.41, 5.74) is 0.319. The number of amides is 1. The number of imidazole rings is 1. The van der Waals surface area contributed by atoms with Crippen LogP contribution in [0, 0.1) is 15.9 Å². The number of carbonyl (C=O) groups is 1.